The predicted molar refractivity (Wildman–Crippen MR) is 105 cm³/mol. The average molecular weight is 401 g/mol. The summed E-state index contributed by atoms with van der Waals surface area (Å²) >= 11 is 0. The van der Waals surface area contributed by atoms with Gasteiger partial charge in [-0.3, -0.25) is 14.4 Å². The molecule has 5 heteroatoms. The normalized spacial score (nSPS) is 50.5. The van der Waals surface area contributed by atoms with Gasteiger partial charge in [0.2, 0.25) is 0 Å². The van der Waals surface area contributed by atoms with Crippen LogP contribution in [0.25, 0.3) is 0 Å². The minimum atomic E-state index is -0.707. The summed E-state index contributed by atoms with van der Waals surface area (Å²) in [6, 6.07) is 0. The van der Waals surface area contributed by atoms with Gasteiger partial charge in [-0.15, -0.1) is 0 Å². The molecule has 5 aliphatic carbocycles. The second kappa shape index (κ2) is 5.73. The SMILES string of the molecule is CC(C)C1=CC23CCC4[C@](C)(CCC[C@@]4(C)C(=O)O)C2CC1[C@H]1C(=O)OC(=O)[C@H]13. The molecule has 1 saturated heterocycles. The Kier molecular flexibility index (Phi) is 3.82. The van der Waals surface area contributed by atoms with E-state index >= 15 is 0 Å². The number of esters is 2. The third-order valence-electron chi connectivity index (χ3n) is 9.89. The number of rotatable bonds is 2. The number of cyclic esters (lactones) is 2. The van der Waals surface area contributed by atoms with Gasteiger partial charge in [-0.25, -0.2) is 0 Å². The third-order valence-corrected chi connectivity index (χ3v) is 9.89. The fourth-order valence-corrected chi connectivity index (χ4v) is 8.76. The van der Waals surface area contributed by atoms with Gasteiger partial charge in [0.05, 0.1) is 17.3 Å². The molecule has 1 N–H and O–H groups in total. The molecule has 4 fully saturated rings. The quantitative estimate of drug-likeness (QED) is 0.427. The molecular formula is C24H32O5. The lowest BCUT2D eigenvalue weighted by molar-refractivity contribution is -0.195. The Labute approximate surface area is 172 Å². The van der Waals surface area contributed by atoms with Crippen molar-refractivity contribution >= 4 is 17.9 Å². The van der Waals surface area contributed by atoms with Crippen molar-refractivity contribution in [2.24, 2.45) is 51.8 Å². The highest BCUT2D eigenvalue weighted by Crippen LogP contribution is 2.74. The maximum Gasteiger partial charge on any atom is 0.318 e. The van der Waals surface area contributed by atoms with Gasteiger partial charge in [-0.05, 0) is 68.1 Å². The molecule has 29 heavy (non-hydrogen) atoms. The Morgan fingerprint density at radius 3 is 2.52 bits per heavy atom. The Morgan fingerprint density at radius 1 is 1.14 bits per heavy atom. The van der Waals surface area contributed by atoms with Crippen LogP contribution < -0.4 is 0 Å². The first-order valence-electron chi connectivity index (χ1n) is 11.3. The Hall–Kier alpha value is -1.65. The first-order chi connectivity index (χ1) is 13.6. The van der Waals surface area contributed by atoms with E-state index < -0.39 is 11.4 Å². The minimum absolute atomic E-state index is 0.0550. The molecule has 0 amide bonds. The molecule has 0 radical (unpaired) electrons. The first kappa shape index (κ1) is 19.3. The molecule has 6 aliphatic rings. The Morgan fingerprint density at radius 2 is 1.86 bits per heavy atom. The monoisotopic (exact) mass is 400 g/mol. The number of carboxylic acid groups (broad SMARTS) is 1. The van der Waals surface area contributed by atoms with Crippen molar-refractivity contribution in [1.82, 2.24) is 0 Å². The zero-order chi connectivity index (χ0) is 20.9. The maximum absolute atomic E-state index is 12.9. The van der Waals surface area contributed by atoms with Crippen LogP contribution in [0.4, 0.5) is 0 Å². The van der Waals surface area contributed by atoms with E-state index in [0.29, 0.717) is 5.92 Å². The number of ether oxygens (including phenoxy) is 1. The van der Waals surface area contributed by atoms with Crippen molar-refractivity contribution in [3.63, 3.8) is 0 Å². The molecule has 0 aromatic carbocycles. The van der Waals surface area contributed by atoms with Crippen LogP contribution in [-0.2, 0) is 19.1 Å². The highest BCUT2D eigenvalue weighted by Gasteiger charge is 2.73. The largest absolute Gasteiger partial charge is 0.481 e. The van der Waals surface area contributed by atoms with E-state index in [4.69, 9.17) is 4.74 Å². The van der Waals surface area contributed by atoms with Gasteiger partial charge in [0.1, 0.15) is 0 Å². The van der Waals surface area contributed by atoms with Gasteiger partial charge in [0, 0.05) is 5.41 Å². The van der Waals surface area contributed by atoms with E-state index in [1.54, 1.807) is 0 Å². The summed E-state index contributed by atoms with van der Waals surface area (Å²) < 4.78 is 5.20. The van der Waals surface area contributed by atoms with E-state index in [1.807, 2.05) is 6.92 Å². The smallest absolute Gasteiger partial charge is 0.318 e. The van der Waals surface area contributed by atoms with Crippen LogP contribution in [0, 0.1) is 51.8 Å². The fourth-order valence-electron chi connectivity index (χ4n) is 8.76. The van der Waals surface area contributed by atoms with Crippen LogP contribution in [0.2, 0.25) is 0 Å². The van der Waals surface area contributed by atoms with Crippen LogP contribution in [0.15, 0.2) is 11.6 Å². The summed E-state index contributed by atoms with van der Waals surface area (Å²) in [6.07, 6.45) is 7.48. The molecule has 4 unspecified atom stereocenters. The van der Waals surface area contributed by atoms with Crippen LogP contribution in [-0.4, -0.2) is 23.0 Å². The van der Waals surface area contributed by atoms with Crippen LogP contribution >= 0.6 is 0 Å². The number of carbonyl (C=O) groups excluding carboxylic acids is 2. The Balaban J connectivity index is 1.67. The van der Waals surface area contributed by atoms with Crippen molar-refractivity contribution in [2.45, 2.75) is 66.2 Å². The summed E-state index contributed by atoms with van der Waals surface area (Å²) in [4.78, 5) is 37.8. The number of allylic oxidation sites excluding steroid dienone is 2. The molecule has 1 aliphatic heterocycles. The van der Waals surface area contributed by atoms with Crippen molar-refractivity contribution < 1.29 is 24.2 Å². The van der Waals surface area contributed by atoms with Crippen molar-refractivity contribution in [2.75, 3.05) is 0 Å². The topological polar surface area (TPSA) is 80.7 Å². The van der Waals surface area contributed by atoms with Crippen molar-refractivity contribution in [1.29, 1.82) is 0 Å². The van der Waals surface area contributed by atoms with Crippen molar-refractivity contribution in [3.05, 3.63) is 11.6 Å². The summed E-state index contributed by atoms with van der Waals surface area (Å²) in [6.45, 7) is 8.56. The van der Waals surface area contributed by atoms with E-state index in [-0.39, 0.29) is 52.4 Å². The third kappa shape index (κ3) is 2.14. The molecule has 1 spiro atoms. The lowest BCUT2D eigenvalue weighted by Crippen LogP contribution is -2.65. The van der Waals surface area contributed by atoms with E-state index in [2.05, 4.69) is 26.8 Å². The molecule has 1 heterocycles. The van der Waals surface area contributed by atoms with Crippen LogP contribution in [0.5, 0.6) is 0 Å². The molecule has 8 atom stereocenters. The zero-order valence-electron chi connectivity index (χ0n) is 17.9. The number of hydrogen-bond acceptors (Lipinski definition) is 4. The van der Waals surface area contributed by atoms with Gasteiger partial charge >= 0.3 is 17.9 Å². The highest BCUT2D eigenvalue weighted by atomic mass is 16.6. The number of hydrogen-bond donors (Lipinski definition) is 1. The summed E-state index contributed by atoms with van der Waals surface area (Å²) in [5.74, 6) is -1.33. The second-order valence-corrected chi connectivity index (χ2v) is 11.2. The number of carbonyl (C=O) groups is 3. The van der Waals surface area contributed by atoms with Gasteiger partial charge in [-0.1, -0.05) is 38.8 Å². The summed E-state index contributed by atoms with van der Waals surface area (Å²) in [5.41, 5.74) is 0.122. The van der Waals surface area contributed by atoms with Gasteiger partial charge in [0.25, 0.3) is 0 Å². The minimum Gasteiger partial charge on any atom is -0.481 e. The second-order valence-electron chi connectivity index (χ2n) is 11.2. The molecule has 5 nitrogen and oxygen atoms in total. The zero-order valence-corrected chi connectivity index (χ0v) is 17.9. The van der Waals surface area contributed by atoms with Crippen molar-refractivity contribution in [3.8, 4) is 0 Å². The summed E-state index contributed by atoms with van der Waals surface area (Å²) in [5, 5.41) is 10.1. The molecule has 6 rings (SSSR count). The fraction of sp³-hybridized carbons (Fsp3) is 0.792. The van der Waals surface area contributed by atoms with Crippen LogP contribution in [0.1, 0.15) is 66.2 Å². The molecule has 2 bridgehead atoms. The molecule has 158 valence electrons. The lowest BCUT2D eigenvalue weighted by Gasteiger charge is -2.68. The van der Waals surface area contributed by atoms with Gasteiger partial charge in [0.15, 0.2) is 0 Å². The Bertz CT molecular complexity index is 842. The average Bonchev–Trinajstić information content (AvgIpc) is 2.97. The lowest BCUT2D eigenvalue weighted by atomic mass is 9.34. The van der Waals surface area contributed by atoms with Crippen LogP contribution in [0.3, 0.4) is 0 Å². The number of aliphatic carboxylic acids is 1. The highest BCUT2D eigenvalue weighted by molar-refractivity contribution is 5.98. The number of fused-ring (bicyclic) bond motifs is 1. The van der Waals surface area contributed by atoms with E-state index in [1.165, 1.54) is 5.57 Å². The standard InChI is InChI=1S/C24H32O5/c1-12(2)14-11-24-9-6-15-22(3,7-5-8-23(15,4)21(27)28)16(24)10-13(14)17-18(24)20(26)29-19(17)25/h11-13,15-18H,5-10H2,1-4H3,(H,27,28)/t13?,15?,16?,17-,18+,22+,23-,24?/m1/s1. The first-order valence-corrected chi connectivity index (χ1v) is 11.3. The van der Waals surface area contributed by atoms with Gasteiger partial charge in [-0.2, -0.15) is 0 Å². The predicted octanol–water partition coefficient (Wildman–Crippen LogP) is 4.21. The molecule has 0 aromatic rings. The molecular weight excluding hydrogens is 368 g/mol. The van der Waals surface area contributed by atoms with Gasteiger partial charge < -0.3 is 9.84 Å². The maximum atomic E-state index is 12.9. The molecule has 3 saturated carbocycles. The van der Waals surface area contributed by atoms with E-state index in [0.717, 1.165) is 38.5 Å². The van der Waals surface area contributed by atoms with E-state index in [9.17, 15) is 19.5 Å². The molecule has 0 aromatic heterocycles. The number of carboxylic acids is 1. The summed E-state index contributed by atoms with van der Waals surface area (Å²) in [7, 11) is 0.